The summed E-state index contributed by atoms with van der Waals surface area (Å²) in [5.74, 6) is -0.664. The van der Waals surface area contributed by atoms with Crippen LogP contribution < -0.4 is 0 Å². The van der Waals surface area contributed by atoms with Crippen molar-refractivity contribution in [3.05, 3.63) is 73.3 Å². The summed E-state index contributed by atoms with van der Waals surface area (Å²) in [6.07, 6.45) is -9.62. The van der Waals surface area contributed by atoms with Crippen LogP contribution in [0.25, 0.3) is 0 Å². The number of nitro benzene ring substituents is 2. The Morgan fingerprint density at radius 3 is 1.79 bits per heavy atom. The SMILES string of the molecule is COCCOCc1ccc([N+](=O)[O-])c(C(F)(F)F)c1.O=[N+]([O-])c1ccc(O)cc1C(F)(F)F. The molecule has 1 N–H and O–H groups in total. The summed E-state index contributed by atoms with van der Waals surface area (Å²) in [6, 6.07) is 4.55. The highest BCUT2D eigenvalue weighted by Gasteiger charge is 2.39. The van der Waals surface area contributed by atoms with Gasteiger partial charge >= 0.3 is 12.4 Å². The second kappa shape index (κ2) is 11.4. The molecule has 0 unspecified atom stereocenters. The van der Waals surface area contributed by atoms with Crippen molar-refractivity contribution in [2.24, 2.45) is 0 Å². The van der Waals surface area contributed by atoms with E-state index in [1.54, 1.807) is 0 Å². The molecule has 0 saturated heterocycles. The number of aromatic hydroxyl groups is 1. The van der Waals surface area contributed by atoms with E-state index in [2.05, 4.69) is 0 Å². The number of nitrogens with zero attached hydrogens (tertiary/aromatic N) is 2. The molecular weight excluding hydrogens is 470 g/mol. The zero-order chi connectivity index (χ0) is 25.4. The van der Waals surface area contributed by atoms with E-state index in [9.17, 15) is 46.6 Å². The van der Waals surface area contributed by atoms with Crippen molar-refractivity contribution in [2.45, 2.75) is 19.0 Å². The van der Waals surface area contributed by atoms with Crippen LogP contribution in [0.5, 0.6) is 5.75 Å². The Morgan fingerprint density at radius 2 is 1.33 bits per heavy atom. The minimum atomic E-state index is -4.85. The Morgan fingerprint density at radius 1 is 0.848 bits per heavy atom. The van der Waals surface area contributed by atoms with Gasteiger partial charge in [0.2, 0.25) is 0 Å². The van der Waals surface area contributed by atoms with E-state index in [1.165, 1.54) is 13.2 Å². The predicted molar refractivity (Wildman–Crippen MR) is 99.4 cm³/mol. The molecule has 0 radical (unpaired) electrons. The fourth-order valence-electron chi connectivity index (χ4n) is 2.30. The Hall–Kier alpha value is -3.46. The number of hydrogen-bond donors (Lipinski definition) is 1. The first kappa shape index (κ1) is 27.6. The van der Waals surface area contributed by atoms with Gasteiger partial charge in [-0.15, -0.1) is 0 Å². The van der Waals surface area contributed by atoms with E-state index in [1.807, 2.05) is 0 Å². The van der Waals surface area contributed by atoms with Gasteiger partial charge < -0.3 is 14.6 Å². The van der Waals surface area contributed by atoms with Gasteiger partial charge in [0.05, 0.1) is 29.7 Å². The topological polar surface area (TPSA) is 125 Å². The van der Waals surface area contributed by atoms with E-state index in [-0.39, 0.29) is 18.8 Å². The molecule has 0 aromatic heterocycles. The van der Waals surface area contributed by atoms with Crippen molar-refractivity contribution < 1.29 is 50.8 Å². The molecule has 2 aromatic rings. The highest BCUT2D eigenvalue weighted by Crippen LogP contribution is 2.38. The first-order valence-electron chi connectivity index (χ1n) is 8.64. The van der Waals surface area contributed by atoms with Crippen LogP contribution in [0.15, 0.2) is 36.4 Å². The molecule has 0 heterocycles. The fourth-order valence-corrected chi connectivity index (χ4v) is 2.30. The van der Waals surface area contributed by atoms with Crippen molar-refractivity contribution >= 4 is 11.4 Å². The maximum absolute atomic E-state index is 12.7. The summed E-state index contributed by atoms with van der Waals surface area (Å²) >= 11 is 0. The number of halogens is 6. The van der Waals surface area contributed by atoms with Crippen molar-refractivity contribution in [1.82, 2.24) is 0 Å². The van der Waals surface area contributed by atoms with Crippen LogP contribution in [0.2, 0.25) is 0 Å². The second-order valence-corrected chi connectivity index (χ2v) is 6.11. The van der Waals surface area contributed by atoms with Crippen LogP contribution in [0.4, 0.5) is 37.7 Å². The van der Waals surface area contributed by atoms with Crippen LogP contribution in [0, 0.1) is 20.2 Å². The van der Waals surface area contributed by atoms with Crippen LogP contribution in [-0.4, -0.2) is 35.3 Å². The molecule has 9 nitrogen and oxygen atoms in total. The molecular formula is C18H16F6N2O7. The number of alkyl halides is 6. The van der Waals surface area contributed by atoms with Crippen molar-refractivity contribution in [2.75, 3.05) is 20.3 Å². The Kier molecular flexibility index (Phi) is 9.54. The standard InChI is InChI=1S/C11H12F3NO4.C7H4F3NO3/c1-18-4-5-19-7-8-2-3-10(15(16)17)9(6-8)11(12,13)14;8-7(9,10)5-3-4(12)1-2-6(5)11(13)14/h2-3,6H,4-5,7H2,1H3;1-3,12H. The van der Waals surface area contributed by atoms with E-state index in [0.29, 0.717) is 18.7 Å². The molecule has 0 aliphatic heterocycles. The normalized spacial score (nSPS) is 11.5. The van der Waals surface area contributed by atoms with Gasteiger partial charge in [0, 0.05) is 19.2 Å². The average molecular weight is 486 g/mol. The molecule has 182 valence electrons. The Labute approximate surface area is 181 Å². The zero-order valence-corrected chi connectivity index (χ0v) is 16.6. The van der Waals surface area contributed by atoms with Crippen molar-refractivity contribution in [3.8, 4) is 5.75 Å². The third-order valence-corrected chi connectivity index (χ3v) is 3.75. The highest BCUT2D eigenvalue weighted by atomic mass is 19.4. The van der Waals surface area contributed by atoms with Gasteiger partial charge in [-0.3, -0.25) is 20.2 Å². The number of ether oxygens (including phenoxy) is 2. The van der Waals surface area contributed by atoms with Crippen LogP contribution in [0.1, 0.15) is 16.7 Å². The summed E-state index contributed by atoms with van der Waals surface area (Å²) < 4.78 is 84.3. The molecule has 15 heteroatoms. The number of rotatable bonds is 7. The van der Waals surface area contributed by atoms with Gasteiger partial charge in [-0.2, -0.15) is 26.3 Å². The van der Waals surface area contributed by atoms with E-state index in [0.717, 1.165) is 18.2 Å². The number of phenolic OH excluding ortho intramolecular Hbond substituents is 1. The van der Waals surface area contributed by atoms with Gasteiger partial charge in [-0.1, -0.05) is 0 Å². The maximum Gasteiger partial charge on any atom is 0.423 e. The minimum Gasteiger partial charge on any atom is -0.508 e. The summed E-state index contributed by atoms with van der Waals surface area (Å²) in [5, 5.41) is 29.5. The van der Waals surface area contributed by atoms with Crippen molar-refractivity contribution in [3.63, 3.8) is 0 Å². The molecule has 0 aliphatic carbocycles. The lowest BCUT2D eigenvalue weighted by Crippen LogP contribution is -2.10. The van der Waals surface area contributed by atoms with Crippen LogP contribution >= 0.6 is 0 Å². The van der Waals surface area contributed by atoms with Gasteiger partial charge in [0.25, 0.3) is 11.4 Å². The molecule has 33 heavy (non-hydrogen) atoms. The number of phenols is 1. The van der Waals surface area contributed by atoms with Gasteiger partial charge in [0.1, 0.15) is 16.9 Å². The molecule has 0 spiro atoms. The van der Waals surface area contributed by atoms with E-state index in [4.69, 9.17) is 14.6 Å². The first-order valence-corrected chi connectivity index (χ1v) is 8.64. The highest BCUT2D eigenvalue weighted by molar-refractivity contribution is 5.46. The molecule has 2 aromatic carbocycles. The maximum atomic E-state index is 12.7. The summed E-state index contributed by atoms with van der Waals surface area (Å²) in [7, 11) is 1.47. The largest absolute Gasteiger partial charge is 0.508 e. The van der Waals surface area contributed by atoms with Crippen LogP contribution in [0.3, 0.4) is 0 Å². The van der Waals surface area contributed by atoms with Gasteiger partial charge in [0.15, 0.2) is 0 Å². The molecule has 0 saturated carbocycles. The minimum absolute atomic E-state index is 0.0650. The van der Waals surface area contributed by atoms with Gasteiger partial charge in [-0.25, -0.2) is 0 Å². The predicted octanol–water partition coefficient (Wildman–Crippen LogP) is 5.10. The van der Waals surface area contributed by atoms with Gasteiger partial charge in [-0.05, 0) is 29.8 Å². The molecule has 0 bridgehead atoms. The lowest BCUT2D eigenvalue weighted by atomic mass is 10.1. The molecule has 0 atom stereocenters. The van der Waals surface area contributed by atoms with E-state index >= 15 is 0 Å². The van der Waals surface area contributed by atoms with E-state index < -0.39 is 50.5 Å². The summed E-state index contributed by atoms with van der Waals surface area (Å²) in [6.45, 7) is 0.485. The third-order valence-electron chi connectivity index (χ3n) is 3.75. The Bertz CT molecular complexity index is 980. The quantitative estimate of drug-likeness (QED) is 0.250. The number of methoxy groups -OCH3 is 1. The molecule has 0 aliphatic rings. The molecule has 2 rings (SSSR count). The zero-order valence-electron chi connectivity index (χ0n) is 16.6. The summed E-state index contributed by atoms with van der Waals surface area (Å²) in [5.41, 5.74) is -4.55. The number of benzene rings is 2. The molecule has 0 fully saturated rings. The lowest BCUT2D eigenvalue weighted by Gasteiger charge is -2.10. The monoisotopic (exact) mass is 486 g/mol. The average Bonchev–Trinajstić information content (AvgIpc) is 2.70. The summed E-state index contributed by atoms with van der Waals surface area (Å²) in [4.78, 5) is 18.5. The lowest BCUT2D eigenvalue weighted by molar-refractivity contribution is -0.388. The smallest absolute Gasteiger partial charge is 0.423 e. The first-order chi connectivity index (χ1) is 15.2. The second-order valence-electron chi connectivity index (χ2n) is 6.11. The number of hydrogen-bond acceptors (Lipinski definition) is 7. The van der Waals surface area contributed by atoms with Crippen molar-refractivity contribution in [1.29, 1.82) is 0 Å². The molecule has 0 amide bonds. The third kappa shape index (κ3) is 8.53. The Balaban J connectivity index is 0.000000346. The van der Waals surface area contributed by atoms with Crippen LogP contribution in [-0.2, 0) is 28.4 Å². The fraction of sp³-hybridized carbons (Fsp3) is 0.333. The number of nitro groups is 2.